The van der Waals surface area contributed by atoms with Crippen LogP contribution in [-0.2, 0) is 30.6 Å². The van der Waals surface area contributed by atoms with E-state index in [-0.39, 0.29) is 5.91 Å². The molecule has 2 aromatic rings. The number of anilines is 1. The summed E-state index contributed by atoms with van der Waals surface area (Å²) in [5, 5.41) is 2.96. The van der Waals surface area contributed by atoms with E-state index in [1.165, 1.54) is 36.0 Å². The Morgan fingerprint density at radius 3 is 2.55 bits per heavy atom. The van der Waals surface area contributed by atoms with E-state index in [0.29, 0.717) is 6.54 Å². The average Bonchev–Trinajstić information content (AvgIpc) is 2.55. The van der Waals surface area contributed by atoms with Gasteiger partial charge in [0.05, 0.1) is 0 Å². The van der Waals surface area contributed by atoms with E-state index >= 15 is 0 Å². The number of rotatable bonds is 4. The monoisotopic (exact) mass is 295 g/mol. The number of carbonyl (C=O) groups excluding carboxylic acids is 1. The van der Waals surface area contributed by atoms with Crippen molar-refractivity contribution in [3.05, 3.63) is 59.4 Å². The van der Waals surface area contributed by atoms with Crippen molar-refractivity contribution in [1.82, 2.24) is 0 Å². The number of aryl methyl sites for hydroxylation is 3. The number of nitrogens with one attached hydrogen (secondary N) is 1. The lowest BCUT2D eigenvalue weighted by molar-refractivity contribution is -0.684. The lowest BCUT2D eigenvalue weighted by Gasteiger charge is -2.13. The Balaban J connectivity index is 1.63. The number of amides is 1. The SMILES string of the molecule is CCc1ccc(NC(=O)C[n+]2ccc3c(c2)CCCC3)cc1. The maximum atomic E-state index is 12.2. The van der Waals surface area contributed by atoms with Crippen molar-refractivity contribution in [3.8, 4) is 0 Å². The quantitative estimate of drug-likeness (QED) is 0.864. The molecule has 0 saturated heterocycles. The van der Waals surface area contributed by atoms with Crippen LogP contribution in [0.3, 0.4) is 0 Å². The Bertz CT molecular complexity index is 662. The predicted molar refractivity (Wildman–Crippen MR) is 87.7 cm³/mol. The summed E-state index contributed by atoms with van der Waals surface area (Å²) in [4.78, 5) is 12.2. The smallest absolute Gasteiger partial charge is 0.290 e. The molecule has 3 nitrogen and oxygen atoms in total. The van der Waals surface area contributed by atoms with Crippen molar-refractivity contribution in [2.24, 2.45) is 0 Å². The molecular formula is C19H23N2O+. The van der Waals surface area contributed by atoms with Crippen LogP contribution in [0.2, 0.25) is 0 Å². The van der Waals surface area contributed by atoms with Gasteiger partial charge in [-0.2, -0.15) is 4.57 Å². The van der Waals surface area contributed by atoms with Gasteiger partial charge in [-0.25, -0.2) is 0 Å². The van der Waals surface area contributed by atoms with Gasteiger partial charge in [0.15, 0.2) is 12.4 Å². The largest absolute Gasteiger partial charge is 0.321 e. The number of benzene rings is 1. The molecule has 0 radical (unpaired) electrons. The molecule has 1 heterocycles. The molecule has 1 aliphatic carbocycles. The first-order valence-corrected chi connectivity index (χ1v) is 8.14. The number of nitrogens with zero attached hydrogens (tertiary/aromatic N) is 1. The van der Waals surface area contributed by atoms with E-state index in [4.69, 9.17) is 0 Å². The fourth-order valence-electron chi connectivity index (χ4n) is 3.01. The van der Waals surface area contributed by atoms with Crippen LogP contribution < -0.4 is 9.88 Å². The van der Waals surface area contributed by atoms with Crippen LogP contribution in [0.4, 0.5) is 5.69 Å². The van der Waals surface area contributed by atoms with Gasteiger partial charge in [0.25, 0.3) is 5.91 Å². The van der Waals surface area contributed by atoms with E-state index < -0.39 is 0 Å². The molecule has 0 bridgehead atoms. The second-order valence-electron chi connectivity index (χ2n) is 5.97. The molecule has 0 fully saturated rings. The fourth-order valence-corrected chi connectivity index (χ4v) is 3.01. The number of pyridine rings is 1. The van der Waals surface area contributed by atoms with Gasteiger partial charge in [-0.1, -0.05) is 19.1 Å². The van der Waals surface area contributed by atoms with Crippen molar-refractivity contribution < 1.29 is 9.36 Å². The standard InChI is InChI=1S/C19H22N2O/c1-2-15-7-9-18(10-8-15)20-19(22)14-21-12-11-16-5-3-4-6-17(16)13-21/h7-13H,2-6,14H2,1H3/p+1. The summed E-state index contributed by atoms with van der Waals surface area (Å²) < 4.78 is 1.99. The molecule has 3 rings (SSSR count). The average molecular weight is 295 g/mol. The molecule has 1 aromatic heterocycles. The maximum absolute atomic E-state index is 12.2. The van der Waals surface area contributed by atoms with Crippen LogP contribution in [-0.4, -0.2) is 5.91 Å². The summed E-state index contributed by atoms with van der Waals surface area (Å²) in [6.07, 6.45) is 10.0. The number of aromatic nitrogens is 1. The first-order valence-electron chi connectivity index (χ1n) is 8.14. The van der Waals surface area contributed by atoms with Gasteiger partial charge in [-0.3, -0.25) is 4.79 Å². The summed E-state index contributed by atoms with van der Waals surface area (Å²) in [6.45, 7) is 2.49. The Morgan fingerprint density at radius 1 is 1.09 bits per heavy atom. The Hall–Kier alpha value is -2.16. The minimum Gasteiger partial charge on any atom is -0.321 e. The highest BCUT2D eigenvalue weighted by atomic mass is 16.1. The molecule has 1 amide bonds. The maximum Gasteiger partial charge on any atom is 0.290 e. The molecule has 0 saturated carbocycles. The van der Waals surface area contributed by atoms with Crippen molar-refractivity contribution >= 4 is 11.6 Å². The zero-order valence-electron chi connectivity index (χ0n) is 13.1. The topological polar surface area (TPSA) is 33.0 Å². The zero-order chi connectivity index (χ0) is 15.4. The predicted octanol–water partition coefficient (Wildman–Crippen LogP) is 3.05. The number of hydrogen-bond donors (Lipinski definition) is 1. The van der Waals surface area contributed by atoms with Crippen LogP contribution >= 0.6 is 0 Å². The lowest BCUT2D eigenvalue weighted by Crippen LogP contribution is -2.40. The molecule has 3 heteroatoms. The zero-order valence-corrected chi connectivity index (χ0v) is 13.1. The van der Waals surface area contributed by atoms with Gasteiger partial charge in [0.1, 0.15) is 0 Å². The summed E-state index contributed by atoms with van der Waals surface area (Å²) in [5.41, 5.74) is 4.98. The van der Waals surface area contributed by atoms with Gasteiger partial charge in [-0.05, 0) is 55.4 Å². The Kier molecular flexibility index (Phi) is 4.52. The highest BCUT2D eigenvalue weighted by molar-refractivity contribution is 5.89. The number of carbonyl (C=O) groups is 1. The van der Waals surface area contributed by atoms with Gasteiger partial charge in [0, 0.05) is 17.3 Å². The van der Waals surface area contributed by atoms with Crippen LogP contribution in [0.25, 0.3) is 0 Å². The third kappa shape index (κ3) is 3.53. The number of fused-ring (bicyclic) bond motifs is 1. The van der Waals surface area contributed by atoms with Crippen LogP contribution in [0.15, 0.2) is 42.7 Å². The molecule has 22 heavy (non-hydrogen) atoms. The lowest BCUT2D eigenvalue weighted by atomic mass is 9.93. The first-order chi connectivity index (χ1) is 10.7. The minimum absolute atomic E-state index is 0.0185. The molecule has 1 aromatic carbocycles. The van der Waals surface area contributed by atoms with Crippen LogP contribution in [0.1, 0.15) is 36.5 Å². The van der Waals surface area contributed by atoms with Crippen molar-refractivity contribution in [2.75, 3.05) is 5.32 Å². The third-order valence-corrected chi connectivity index (χ3v) is 4.32. The summed E-state index contributed by atoms with van der Waals surface area (Å²) in [7, 11) is 0. The van der Waals surface area contributed by atoms with E-state index in [1.807, 2.05) is 22.9 Å². The third-order valence-electron chi connectivity index (χ3n) is 4.32. The van der Waals surface area contributed by atoms with E-state index in [2.05, 4.69) is 36.6 Å². The van der Waals surface area contributed by atoms with E-state index in [9.17, 15) is 4.79 Å². The highest BCUT2D eigenvalue weighted by Gasteiger charge is 2.15. The van der Waals surface area contributed by atoms with Crippen molar-refractivity contribution in [3.63, 3.8) is 0 Å². The van der Waals surface area contributed by atoms with Crippen molar-refractivity contribution in [2.45, 2.75) is 45.6 Å². The second kappa shape index (κ2) is 6.73. The summed E-state index contributed by atoms with van der Waals surface area (Å²) >= 11 is 0. The van der Waals surface area contributed by atoms with Gasteiger partial charge in [0.2, 0.25) is 6.54 Å². The molecule has 0 unspecified atom stereocenters. The molecular weight excluding hydrogens is 272 g/mol. The van der Waals surface area contributed by atoms with E-state index in [0.717, 1.165) is 18.5 Å². The fraction of sp³-hybridized carbons (Fsp3) is 0.368. The van der Waals surface area contributed by atoms with Gasteiger partial charge in [-0.15, -0.1) is 0 Å². The summed E-state index contributed by atoms with van der Waals surface area (Å²) in [6, 6.07) is 10.2. The molecule has 0 atom stereocenters. The molecule has 1 aliphatic rings. The normalized spacial score (nSPS) is 13.5. The molecule has 114 valence electrons. The highest BCUT2D eigenvalue weighted by Crippen LogP contribution is 2.18. The van der Waals surface area contributed by atoms with Crippen LogP contribution in [0, 0.1) is 0 Å². The minimum atomic E-state index is 0.0185. The summed E-state index contributed by atoms with van der Waals surface area (Å²) in [5.74, 6) is 0.0185. The molecule has 0 spiro atoms. The Morgan fingerprint density at radius 2 is 1.82 bits per heavy atom. The second-order valence-corrected chi connectivity index (χ2v) is 5.97. The molecule has 1 N–H and O–H groups in total. The van der Waals surface area contributed by atoms with Crippen LogP contribution in [0.5, 0.6) is 0 Å². The first kappa shape index (κ1) is 14.8. The van der Waals surface area contributed by atoms with E-state index in [1.54, 1.807) is 0 Å². The van der Waals surface area contributed by atoms with Gasteiger partial charge < -0.3 is 5.32 Å². The van der Waals surface area contributed by atoms with Crippen molar-refractivity contribution in [1.29, 1.82) is 0 Å². The van der Waals surface area contributed by atoms with Gasteiger partial charge >= 0.3 is 0 Å². The number of hydrogen-bond acceptors (Lipinski definition) is 1. The Labute approximate surface area is 132 Å². The molecule has 0 aliphatic heterocycles.